The predicted octanol–water partition coefficient (Wildman–Crippen LogP) is 5.25. The summed E-state index contributed by atoms with van der Waals surface area (Å²) >= 11 is 0. The number of hydrogen-bond acceptors (Lipinski definition) is 4. The maximum absolute atomic E-state index is 13.0. The van der Waals surface area contributed by atoms with Crippen molar-refractivity contribution in [3.63, 3.8) is 0 Å². The largest absolute Gasteiger partial charge is 0.465 e. The van der Waals surface area contributed by atoms with Crippen molar-refractivity contribution in [2.45, 2.75) is 13.5 Å². The lowest BCUT2D eigenvalue weighted by molar-refractivity contribution is 0.0598. The molecule has 5 heteroatoms. The number of ketones is 1. The lowest BCUT2D eigenvalue weighted by Crippen LogP contribution is -2.08. The van der Waals surface area contributed by atoms with E-state index < -0.39 is 5.97 Å². The number of ether oxygens (including phenoxy) is 1. The fraction of sp³-hybridized carbons (Fsp3) is 0.115. The molecular formula is C26H22N2O3. The molecule has 0 aliphatic carbocycles. The summed E-state index contributed by atoms with van der Waals surface area (Å²) in [6.45, 7) is 1.95. The molecule has 0 spiro atoms. The van der Waals surface area contributed by atoms with E-state index in [9.17, 15) is 9.59 Å². The van der Waals surface area contributed by atoms with E-state index in [1.807, 2.05) is 77.4 Å². The van der Waals surface area contributed by atoms with Gasteiger partial charge in [-0.3, -0.25) is 9.78 Å². The molecule has 0 unspecified atom stereocenters. The van der Waals surface area contributed by atoms with Gasteiger partial charge in [0.25, 0.3) is 0 Å². The highest BCUT2D eigenvalue weighted by molar-refractivity contribution is 6.13. The molecule has 31 heavy (non-hydrogen) atoms. The van der Waals surface area contributed by atoms with Gasteiger partial charge in [-0.05, 0) is 30.2 Å². The predicted molar refractivity (Wildman–Crippen MR) is 120 cm³/mol. The van der Waals surface area contributed by atoms with E-state index in [1.165, 1.54) is 14.0 Å². The summed E-state index contributed by atoms with van der Waals surface area (Å²) in [5, 5.41) is 0. The zero-order valence-electron chi connectivity index (χ0n) is 17.4. The molecule has 2 aromatic heterocycles. The summed E-state index contributed by atoms with van der Waals surface area (Å²) in [7, 11) is 1.33. The second kappa shape index (κ2) is 8.79. The minimum atomic E-state index is -0.541. The highest BCUT2D eigenvalue weighted by Gasteiger charge is 2.31. The number of rotatable bonds is 6. The van der Waals surface area contributed by atoms with Gasteiger partial charge in [0, 0.05) is 24.5 Å². The average molecular weight is 410 g/mol. The third-order valence-electron chi connectivity index (χ3n) is 5.17. The molecule has 2 heterocycles. The van der Waals surface area contributed by atoms with Gasteiger partial charge >= 0.3 is 5.97 Å². The molecule has 0 saturated carbocycles. The smallest absolute Gasteiger partial charge is 0.340 e. The molecule has 154 valence electrons. The van der Waals surface area contributed by atoms with Crippen molar-refractivity contribution in [1.29, 1.82) is 0 Å². The third kappa shape index (κ3) is 3.90. The van der Waals surface area contributed by atoms with Crippen LogP contribution in [-0.4, -0.2) is 28.4 Å². The zero-order valence-corrected chi connectivity index (χ0v) is 17.4. The number of pyridine rings is 1. The van der Waals surface area contributed by atoms with E-state index in [1.54, 1.807) is 12.4 Å². The lowest BCUT2D eigenvalue weighted by Gasteiger charge is -2.15. The van der Waals surface area contributed by atoms with Gasteiger partial charge in [-0.15, -0.1) is 0 Å². The zero-order chi connectivity index (χ0) is 21.8. The van der Waals surface area contributed by atoms with Gasteiger partial charge in [0.2, 0.25) is 0 Å². The fourth-order valence-electron chi connectivity index (χ4n) is 3.89. The second-order valence-corrected chi connectivity index (χ2v) is 7.17. The first-order valence-corrected chi connectivity index (χ1v) is 9.97. The Labute approximate surface area is 181 Å². The maximum Gasteiger partial charge on any atom is 0.340 e. The molecule has 0 saturated heterocycles. The molecule has 0 atom stereocenters. The number of hydrogen-bond donors (Lipinski definition) is 0. The van der Waals surface area contributed by atoms with Crippen molar-refractivity contribution in [2.24, 2.45) is 0 Å². The Hall–Kier alpha value is -3.99. The van der Waals surface area contributed by atoms with Crippen molar-refractivity contribution in [1.82, 2.24) is 9.55 Å². The van der Waals surface area contributed by atoms with Crippen LogP contribution in [0.2, 0.25) is 0 Å². The van der Waals surface area contributed by atoms with Gasteiger partial charge in [-0.2, -0.15) is 0 Å². The average Bonchev–Trinajstić information content (AvgIpc) is 3.15. The number of benzene rings is 2. The normalized spacial score (nSPS) is 10.6. The van der Waals surface area contributed by atoms with Crippen LogP contribution in [0.4, 0.5) is 0 Å². The van der Waals surface area contributed by atoms with Crippen molar-refractivity contribution in [3.05, 3.63) is 102 Å². The molecule has 0 N–H and O–H groups in total. The van der Waals surface area contributed by atoms with E-state index in [0.717, 1.165) is 16.7 Å². The highest BCUT2D eigenvalue weighted by Crippen LogP contribution is 2.38. The summed E-state index contributed by atoms with van der Waals surface area (Å²) in [6.07, 6.45) is 3.39. The van der Waals surface area contributed by atoms with Crippen LogP contribution in [0.5, 0.6) is 0 Å². The van der Waals surface area contributed by atoms with E-state index >= 15 is 0 Å². The quantitative estimate of drug-likeness (QED) is 0.322. The number of Topliss-reactive ketones (excluding diaryl/α,β-unsaturated/α-hetero) is 1. The highest BCUT2D eigenvalue weighted by atomic mass is 16.5. The first-order valence-electron chi connectivity index (χ1n) is 9.97. The standard InChI is InChI=1S/C26H22N2O3/c1-18(29)22-23(26(30)31-2)24(20-12-7-4-8-13-20)28(17-19-10-5-3-6-11-19)25(22)21-14-9-15-27-16-21/h3-16H,17H2,1-2H3. The molecule has 4 rings (SSSR count). The van der Waals surface area contributed by atoms with Gasteiger partial charge < -0.3 is 9.30 Å². The topological polar surface area (TPSA) is 61.2 Å². The van der Waals surface area contributed by atoms with Crippen molar-refractivity contribution in [3.8, 4) is 22.5 Å². The van der Waals surface area contributed by atoms with Crippen LogP contribution in [-0.2, 0) is 11.3 Å². The summed E-state index contributed by atoms with van der Waals surface area (Å²) in [5.74, 6) is -0.746. The van der Waals surface area contributed by atoms with E-state index in [2.05, 4.69) is 4.98 Å². The molecule has 0 fully saturated rings. The first kappa shape index (κ1) is 20.3. The summed E-state index contributed by atoms with van der Waals surface area (Å²) in [4.78, 5) is 30.1. The van der Waals surface area contributed by atoms with Crippen LogP contribution < -0.4 is 0 Å². The van der Waals surface area contributed by atoms with Crippen molar-refractivity contribution in [2.75, 3.05) is 7.11 Å². The molecule has 0 aliphatic heterocycles. The van der Waals surface area contributed by atoms with Gasteiger partial charge in [0.15, 0.2) is 5.78 Å². The van der Waals surface area contributed by atoms with Crippen molar-refractivity contribution < 1.29 is 14.3 Å². The monoisotopic (exact) mass is 410 g/mol. The maximum atomic E-state index is 13.0. The Morgan fingerprint density at radius 3 is 2.03 bits per heavy atom. The molecule has 5 nitrogen and oxygen atoms in total. The Morgan fingerprint density at radius 2 is 1.45 bits per heavy atom. The molecule has 2 aromatic carbocycles. The fourth-order valence-corrected chi connectivity index (χ4v) is 3.89. The Morgan fingerprint density at radius 1 is 0.839 bits per heavy atom. The van der Waals surface area contributed by atoms with Crippen molar-refractivity contribution >= 4 is 11.8 Å². The number of carbonyl (C=O) groups excluding carboxylic acids is 2. The SMILES string of the molecule is COC(=O)c1c(C(C)=O)c(-c2cccnc2)n(Cc2ccccc2)c1-c1ccccc1. The van der Waals surface area contributed by atoms with Gasteiger partial charge in [0.05, 0.1) is 29.6 Å². The van der Waals surface area contributed by atoms with Crippen LogP contribution in [0.25, 0.3) is 22.5 Å². The second-order valence-electron chi connectivity index (χ2n) is 7.17. The number of methoxy groups -OCH3 is 1. The van der Waals surface area contributed by atoms with Crippen LogP contribution in [0.1, 0.15) is 33.2 Å². The van der Waals surface area contributed by atoms with Crippen LogP contribution >= 0.6 is 0 Å². The number of carbonyl (C=O) groups is 2. The van der Waals surface area contributed by atoms with Gasteiger partial charge in [0.1, 0.15) is 0 Å². The molecule has 4 aromatic rings. The van der Waals surface area contributed by atoms with Gasteiger partial charge in [-0.1, -0.05) is 60.7 Å². The number of aromatic nitrogens is 2. The summed E-state index contributed by atoms with van der Waals surface area (Å²) in [5.41, 5.74) is 4.56. The molecule has 0 amide bonds. The van der Waals surface area contributed by atoms with E-state index in [4.69, 9.17) is 4.74 Å². The summed E-state index contributed by atoms with van der Waals surface area (Å²) < 4.78 is 7.14. The Bertz CT molecular complexity index is 1210. The lowest BCUT2D eigenvalue weighted by atomic mass is 9.99. The molecule has 0 radical (unpaired) electrons. The van der Waals surface area contributed by atoms with Crippen LogP contribution in [0.15, 0.2) is 85.2 Å². The third-order valence-corrected chi connectivity index (χ3v) is 5.17. The van der Waals surface area contributed by atoms with Crippen LogP contribution in [0, 0.1) is 0 Å². The Kier molecular flexibility index (Phi) is 5.76. The van der Waals surface area contributed by atoms with Gasteiger partial charge in [-0.25, -0.2) is 4.79 Å². The van der Waals surface area contributed by atoms with E-state index in [0.29, 0.717) is 23.5 Å². The minimum Gasteiger partial charge on any atom is -0.465 e. The molecule has 0 bridgehead atoms. The molecule has 0 aliphatic rings. The minimum absolute atomic E-state index is 0.205. The number of nitrogens with zero attached hydrogens (tertiary/aromatic N) is 2. The Balaban J connectivity index is 2.13. The summed E-state index contributed by atoms with van der Waals surface area (Å²) in [6, 6.07) is 23.3. The number of esters is 1. The molecular weight excluding hydrogens is 388 g/mol. The van der Waals surface area contributed by atoms with Crippen LogP contribution in [0.3, 0.4) is 0 Å². The first-order chi connectivity index (χ1) is 15.1. The van der Waals surface area contributed by atoms with E-state index in [-0.39, 0.29) is 11.3 Å².